The number of benzene rings is 1. The first-order valence-corrected chi connectivity index (χ1v) is 11.7. The molecular formula is C20H28N4O4S. The summed E-state index contributed by atoms with van der Waals surface area (Å²) in [6.45, 7) is 2.38. The van der Waals surface area contributed by atoms with Crippen molar-refractivity contribution in [3.63, 3.8) is 0 Å². The summed E-state index contributed by atoms with van der Waals surface area (Å²) >= 11 is 0. The van der Waals surface area contributed by atoms with Crippen molar-refractivity contribution >= 4 is 10.0 Å². The maximum atomic E-state index is 12.7. The second-order valence-electron chi connectivity index (χ2n) is 8.07. The number of rotatable bonds is 8. The van der Waals surface area contributed by atoms with Gasteiger partial charge in [0.05, 0.1) is 35.4 Å². The second-order valence-corrected chi connectivity index (χ2v) is 9.78. The molecule has 0 amide bonds. The van der Waals surface area contributed by atoms with Crippen LogP contribution in [-0.2, 0) is 21.3 Å². The molecule has 2 heterocycles. The standard InChI is InChI=1S/C20H28N4O4S/c1-14-2-7-17(8-3-14)29(26,27)22-18-9-6-16(28-20(18)13-25)10-11-24-12-19(21-23-24)15-4-5-15/h2-3,7-8,12,15-16,18,20,22,25H,4-6,9-11,13H2,1H3/t16-,18+,20+/m0/s1. The Hall–Kier alpha value is -1.81. The Morgan fingerprint density at radius 1 is 1.21 bits per heavy atom. The summed E-state index contributed by atoms with van der Waals surface area (Å²) in [7, 11) is -3.66. The van der Waals surface area contributed by atoms with Crippen molar-refractivity contribution in [2.75, 3.05) is 6.61 Å². The van der Waals surface area contributed by atoms with Crippen molar-refractivity contribution in [2.24, 2.45) is 0 Å². The fourth-order valence-electron chi connectivity index (χ4n) is 3.73. The number of aromatic nitrogens is 3. The first-order chi connectivity index (χ1) is 13.9. The molecule has 9 heteroatoms. The van der Waals surface area contributed by atoms with Crippen molar-refractivity contribution < 1.29 is 18.3 Å². The van der Waals surface area contributed by atoms with Crippen molar-refractivity contribution in [2.45, 2.75) is 74.6 Å². The lowest BCUT2D eigenvalue weighted by molar-refractivity contribution is -0.0891. The van der Waals surface area contributed by atoms with Crippen LogP contribution >= 0.6 is 0 Å². The quantitative estimate of drug-likeness (QED) is 0.674. The zero-order chi connectivity index (χ0) is 20.4. The number of sulfonamides is 1. The Morgan fingerprint density at radius 2 is 1.97 bits per heavy atom. The van der Waals surface area contributed by atoms with E-state index in [1.165, 1.54) is 12.8 Å². The van der Waals surface area contributed by atoms with E-state index in [1.54, 1.807) is 24.3 Å². The summed E-state index contributed by atoms with van der Waals surface area (Å²) in [5.74, 6) is 0.579. The maximum Gasteiger partial charge on any atom is 0.240 e. The number of aliphatic hydroxyl groups excluding tert-OH is 1. The van der Waals surface area contributed by atoms with E-state index < -0.39 is 22.2 Å². The topological polar surface area (TPSA) is 106 Å². The average Bonchev–Trinajstić information content (AvgIpc) is 3.45. The average molecular weight is 421 g/mol. The van der Waals surface area contributed by atoms with Gasteiger partial charge in [-0.2, -0.15) is 0 Å². The van der Waals surface area contributed by atoms with Crippen LogP contribution in [0.5, 0.6) is 0 Å². The number of nitrogens with one attached hydrogen (secondary N) is 1. The van der Waals surface area contributed by atoms with E-state index in [2.05, 4.69) is 15.0 Å². The Balaban J connectivity index is 1.32. The number of ether oxygens (including phenoxy) is 1. The minimum Gasteiger partial charge on any atom is -0.394 e. The van der Waals surface area contributed by atoms with E-state index in [1.807, 2.05) is 17.8 Å². The van der Waals surface area contributed by atoms with Crippen LogP contribution < -0.4 is 4.72 Å². The largest absolute Gasteiger partial charge is 0.394 e. The second kappa shape index (κ2) is 8.51. The van der Waals surface area contributed by atoms with Crippen LogP contribution in [0, 0.1) is 6.92 Å². The van der Waals surface area contributed by atoms with Crippen LogP contribution in [0.2, 0.25) is 0 Å². The molecule has 1 saturated carbocycles. The van der Waals surface area contributed by atoms with Gasteiger partial charge in [0.25, 0.3) is 0 Å². The number of hydrogen-bond acceptors (Lipinski definition) is 6. The van der Waals surface area contributed by atoms with Crippen LogP contribution in [0.1, 0.15) is 49.3 Å². The SMILES string of the molecule is Cc1ccc(S(=O)(=O)N[C@@H]2CC[C@@H](CCn3cc(C4CC4)nn3)O[C@@H]2CO)cc1. The molecule has 1 aliphatic heterocycles. The van der Waals surface area contributed by atoms with Gasteiger partial charge in [0.15, 0.2) is 0 Å². The van der Waals surface area contributed by atoms with Gasteiger partial charge in [-0.05, 0) is 51.2 Å². The van der Waals surface area contributed by atoms with E-state index in [-0.39, 0.29) is 17.6 Å². The molecule has 1 aromatic carbocycles. The zero-order valence-corrected chi connectivity index (χ0v) is 17.4. The lowest BCUT2D eigenvalue weighted by atomic mass is 9.98. The molecule has 2 aliphatic rings. The third-order valence-corrected chi connectivity index (χ3v) is 7.17. The van der Waals surface area contributed by atoms with Crippen LogP contribution in [-0.4, -0.2) is 53.4 Å². The van der Waals surface area contributed by atoms with Gasteiger partial charge in [-0.1, -0.05) is 22.9 Å². The molecule has 0 unspecified atom stereocenters. The smallest absolute Gasteiger partial charge is 0.240 e. The molecule has 2 N–H and O–H groups in total. The number of hydrogen-bond donors (Lipinski definition) is 2. The molecule has 1 saturated heterocycles. The Bertz CT molecular complexity index is 924. The summed E-state index contributed by atoms with van der Waals surface area (Å²) in [5.41, 5.74) is 2.06. The Labute approximate surface area is 171 Å². The highest BCUT2D eigenvalue weighted by Gasteiger charge is 2.34. The van der Waals surface area contributed by atoms with E-state index in [0.717, 1.165) is 24.1 Å². The van der Waals surface area contributed by atoms with Crippen LogP contribution in [0.25, 0.3) is 0 Å². The fourth-order valence-corrected chi connectivity index (χ4v) is 5.03. The molecule has 0 spiro atoms. The van der Waals surface area contributed by atoms with Gasteiger partial charge >= 0.3 is 0 Å². The highest BCUT2D eigenvalue weighted by Crippen LogP contribution is 2.38. The predicted molar refractivity (Wildman–Crippen MR) is 107 cm³/mol. The monoisotopic (exact) mass is 420 g/mol. The van der Waals surface area contributed by atoms with Crippen molar-refractivity contribution in [3.05, 3.63) is 41.7 Å². The summed E-state index contributed by atoms with van der Waals surface area (Å²) < 4.78 is 35.9. The Kier molecular flexibility index (Phi) is 6.00. The van der Waals surface area contributed by atoms with E-state index in [0.29, 0.717) is 18.9 Å². The number of nitrogens with zero attached hydrogens (tertiary/aromatic N) is 3. The van der Waals surface area contributed by atoms with Crippen LogP contribution in [0.3, 0.4) is 0 Å². The van der Waals surface area contributed by atoms with Crippen molar-refractivity contribution in [1.82, 2.24) is 19.7 Å². The third kappa shape index (κ3) is 5.03. The molecule has 0 radical (unpaired) electrons. The zero-order valence-electron chi connectivity index (χ0n) is 16.6. The molecule has 3 atom stereocenters. The molecule has 1 aliphatic carbocycles. The normalized spacial score (nSPS) is 25.2. The Morgan fingerprint density at radius 3 is 2.66 bits per heavy atom. The molecule has 1 aromatic heterocycles. The fraction of sp³-hybridized carbons (Fsp3) is 0.600. The van der Waals surface area contributed by atoms with Gasteiger partial charge in [0.2, 0.25) is 10.0 Å². The van der Waals surface area contributed by atoms with Gasteiger partial charge < -0.3 is 9.84 Å². The van der Waals surface area contributed by atoms with E-state index in [9.17, 15) is 13.5 Å². The summed E-state index contributed by atoms with van der Waals surface area (Å²) in [5, 5.41) is 18.1. The lowest BCUT2D eigenvalue weighted by Gasteiger charge is -2.36. The number of aryl methyl sites for hydroxylation is 2. The molecule has 8 nitrogen and oxygen atoms in total. The summed E-state index contributed by atoms with van der Waals surface area (Å²) in [6.07, 6.45) is 5.88. The minimum absolute atomic E-state index is 0.0409. The minimum atomic E-state index is -3.66. The maximum absolute atomic E-state index is 12.7. The number of aliphatic hydroxyl groups is 1. The molecule has 4 rings (SSSR count). The first kappa shape index (κ1) is 20.5. The van der Waals surface area contributed by atoms with Gasteiger partial charge in [0, 0.05) is 18.7 Å². The van der Waals surface area contributed by atoms with Crippen LogP contribution in [0.15, 0.2) is 35.4 Å². The third-order valence-electron chi connectivity index (χ3n) is 5.67. The van der Waals surface area contributed by atoms with Crippen molar-refractivity contribution in [1.29, 1.82) is 0 Å². The summed E-state index contributed by atoms with van der Waals surface area (Å²) in [6, 6.07) is 6.27. The molecule has 0 bridgehead atoms. The molecule has 2 fully saturated rings. The lowest BCUT2D eigenvalue weighted by Crippen LogP contribution is -2.50. The van der Waals surface area contributed by atoms with Gasteiger partial charge in [0.1, 0.15) is 0 Å². The molecule has 2 aromatic rings. The highest BCUT2D eigenvalue weighted by molar-refractivity contribution is 7.89. The molecule has 29 heavy (non-hydrogen) atoms. The van der Waals surface area contributed by atoms with Gasteiger partial charge in [-0.25, -0.2) is 13.1 Å². The predicted octanol–water partition coefficient (Wildman–Crippen LogP) is 1.74. The molecule has 158 valence electrons. The van der Waals surface area contributed by atoms with Crippen LogP contribution in [0.4, 0.5) is 0 Å². The van der Waals surface area contributed by atoms with E-state index >= 15 is 0 Å². The van der Waals surface area contributed by atoms with Crippen molar-refractivity contribution in [3.8, 4) is 0 Å². The van der Waals surface area contributed by atoms with Gasteiger partial charge in [-0.3, -0.25) is 4.68 Å². The van der Waals surface area contributed by atoms with Gasteiger partial charge in [-0.15, -0.1) is 5.10 Å². The first-order valence-electron chi connectivity index (χ1n) is 10.2. The van der Waals surface area contributed by atoms with E-state index in [4.69, 9.17) is 4.74 Å². The highest BCUT2D eigenvalue weighted by atomic mass is 32.2. The summed E-state index contributed by atoms with van der Waals surface area (Å²) in [4.78, 5) is 0.222. The molecular weight excluding hydrogens is 392 g/mol.